The van der Waals surface area contributed by atoms with Crippen LogP contribution in [0.5, 0.6) is 0 Å². The van der Waals surface area contributed by atoms with Crippen LogP contribution in [-0.2, 0) is 10.0 Å². The highest BCUT2D eigenvalue weighted by Crippen LogP contribution is 2.22. The molecular weight excluding hydrogens is 340 g/mol. The first-order valence-corrected chi connectivity index (χ1v) is 9.22. The Balaban J connectivity index is 2.19. The molecule has 2 rings (SSSR count). The van der Waals surface area contributed by atoms with Gasteiger partial charge in [0, 0.05) is 16.6 Å². The fourth-order valence-electron chi connectivity index (χ4n) is 2.53. The highest BCUT2D eigenvalue weighted by molar-refractivity contribution is 9.10. The van der Waals surface area contributed by atoms with Crippen LogP contribution in [0.25, 0.3) is 0 Å². The Morgan fingerprint density at radius 2 is 1.95 bits per heavy atom. The summed E-state index contributed by atoms with van der Waals surface area (Å²) in [6, 6.07) is 4.79. The maximum atomic E-state index is 12.4. The van der Waals surface area contributed by atoms with Crippen molar-refractivity contribution in [3.8, 4) is 0 Å². The maximum Gasteiger partial charge on any atom is 0.240 e. The van der Waals surface area contributed by atoms with Crippen molar-refractivity contribution < 1.29 is 8.42 Å². The molecule has 2 atom stereocenters. The Morgan fingerprint density at radius 1 is 1.25 bits per heavy atom. The molecule has 1 aliphatic rings. The first-order valence-electron chi connectivity index (χ1n) is 6.94. The highest BCUT2D eigenvalue weighted by Gasteiger charge is 2.26. The van der Waals surface area contributed by atoms with Crippen LogP contribution in [0.1, 0.15) is 37.7 Å². The van der Waals surface area contributed by atoms with E-state index < -0.39 is 10.0 Å². The lowest BCUT2D eigenvalue weighted by Gasteiger charge is -2.22. The zero-order chi connectivity index (χ0) is 14.8. The molecule has 0 saturated heterocycles. The van der Waals surface area contributed by atoms with Crippen molar-refractivity contribution in [3.05, 3.63) is 28.2 Å². The van der Waals surface area contributed by atoms with Gasteiger partial charge < -0.3 is 5.73 Å². The van der Waals surface area contributed by atoms with Crippen LogP contribution in [0.4, 0.5) is 0 Å². The van der Waals surface area contributed by atoms with Gasteiger partial charge in [-0.05, 0) is 43.5 Å². The summed E-state index contributed by atoms with van der Waals surface area (Å²) in [7, 11) is -3.50. The average molecular weight is 361 g/mol. The standard InChI is InChI=1S/C14H21BrN2O2S/c1-10-9-11(7-8-12(10)15)20(18,19)17-14-6-4-2-3-5-13(14)16/h7-9,13-14,17H,2-6,16H2,1H3. The summed E-state index contributed by atoms with van der Waals surface area (Å²) in [5.74, 6) is 0. The summed E-state index contributed by atoms with van der Waals surface area (Å²) in [5, 5.41) is 0. The number of rotatable bonds is 3. The molecule has 0 aromatic heterocycles. The first kappa shape index (κ1) is 15.9. The predicted molar refractivity (Wildman–Crippen MR) is 84.0 cm³/mol. The normalized spacial score (nSPS) is 24.4. The summed E-state index contributed by atoms with van der Waals surface area (Å²) >= 11 is 3.38. The lowest BCUT2D eigenvalue weighted by atomic mass is 10.1. The minimum absolute atomic E-state index is 0.0937. The van der Waals surface area contributed by atoms with Crippen LogP contribution in [0, 0.1) is 6.92 Å². The molecule has 1 saturated carbocycles. The molecule has 0 amide bonds. The zero-order valence-corrected chi connectivity index (χ0v) is 14.0. The zero-order valence-electron chi connectivity index (χ0n) is 11.6. The molecule has 0 radical (unpaired) electrons. The smallest absolute Gasteiger partial charge is 0.240 e. The summed E-state index contributed by atoms with van der Waals surface area (Å²) in [6.45, 7) is 1.88. The minimum atomic E-state index is -3.50. The molecule has 0 spiro atoms. The SMILES string of the molecule is Cc1cc(S(=O)(=O)NC2CCCCCC2N)ccc1Br. The van der Waals surface area contributed by atoms with Gasteiger partial charge in [-0.1, -0.05) is 35.2 Å². The fourth-order valence-corrected chi connectivity index (χ4v) is 4.19. The van der Waals surface area contributed by atoms with Crippen LogP contribution in [-0.4, -0.2) is 20.5 Å². The first-order chi connectivity index (χ1) is 9.40. The molecule has 0 heterocycles. The molecule has 0 aliphatic heterocycles. The Morgan fingerprint density at radius 3 is 2.65 bits per heavy atom. The van der Waals surface area contributed by atoms with E-state index in [1.165, 1.54) is 0 Å². The lowest BCUT2D eigenvalue weighted by Crippen LogP contribution is -2.46. The number of halogens is 1. The second-order valence-electron chi connectivity index (χ2n) is 5.44. The van der Waals surface area contributed by atoms with Gasteiger partial charge in [0.1, 0.15) is 0 Å². The highest BCUT2D eigenvalue weighted by atomic mass is 79.9. The van der Waals surface area contributed by atoms with E-state index in [1.54, 1.807) is 18.2 Å². The molecule has 1 aliphatic carbocycles. The summed E-state index contributed by atoms with van der Waals surface area (Å²) in [5.41, 5.74) is 6.98. The maximum absolute atomic E-state index is 12.4. The quantitative estimate of drug-likeness (QED) is 0.813. The van der Waals surface area contributed by atoms with Crippen molar-refractivity contribution in [1.29, 1.82) is 0 Å². The fraction of sp³-hybridized carbons (Fsp3) is 0.571. The Bertz CT molecular complexity index is 575. The van der Waals surface area contributed by atoms with Gasteiger partial charge in [0.05, 0.1) is 4.90 Å². The van der Waals surface area contributed by atoms with E-state index in [0.717, 1.165) is 42.1 Å². The Labute approximate surface area is 129 Å². The summed E-state index contributed by atoms with van der Waals surface area (Å²) < 4.78 is 28.6. The van der Waals surface area contributed by atoms with Crippen molar-refractivity contribution in [2.45, 2.75) is 56.0 Å². The van der Waals surface area contributed by atoms with Gasteiger partial charge in [0.25, 0.3) is 0 Å². The van der Waals surface area contributed by atoms with Gasteiger partial charge in [-0.15, -0.1) is 0 Å². The monoisotopic (exact) mass is 360 g/mol. The van der Waals surface area contributed by atoms with E-state index in [-0.39, 0.29) is 12.1 Å². The molecule has 2 unspecified atom stereocenters. The molecule has 4 nitrogen and oxygen atoms in total. The van der Waals surface area contributed by atoms with Crippen LogP contribution in [0.2, 0.25) is 0 Å². The van der Waals surface area contributed by atoms with Gasteiger partial charge in [0.2, 0.25) is 10.0 Å². The van der Waals surface area contributed by atoms with Crippen molar-refractivity contribution in [2.24, 2.45) is 5.73 Å². The number of hydrogen-bond donors (Lipinski definition) is 2. The van der Waals surface area contributed by atoms with Crippen LogP contribution >= 0.6 is 15.9 Å². The predicted octanol–water partition coefficient (Wildman–Crippen LogP) is 2.70. The number of nitrogens with two attached hydrogens (primary N) is 1. The molecule has 1 fully saturated rings. The third-order valence-electron chi connectivity index (χ3n) is 3.82. The molecule has 6 heteroatoms. The molecule has 112 valence electrons. The number of nitrogens with one attached hydrogen (secondary N) is 1. The summed E-state index contributed by atoms with van der Waals surface area (Å²) in [4.78, 5) is 0.301. The van der Waals surface area contributed by atoms with Crippen molar-refractivity contribution in [1.82, 2.24) is 4.72 Å². The Kier molecular flexibility index (Phi) is 5.23. The average Bonchev–Trinajstić information content (AvgIpc) is 2.58. The van der Waals surface area contributed by atoms with Gasteiger partial charge >= 0.3 is 0 Å². The third-order valence-corrected chi connectivity index (χ3v) is 6.19. The van der Waals surface area contributed by atoms with Crippen molar-refractivity contribution in [3.63, 3.8) is 0 Å². The second-order valence-corrected chi connectivity index (χ2v) is 8.01. The van der Waals surface area contributed by atoms with E-state index in [0.29, 0.717) is 4.90 Å². The summed E-state index contributed by atoms with van der Waals surface area (Å²) in [6.07, 6.45) is 4.93. The van der Waals surface area contributed by atoms with Gasteiger partial charge in [-0.3, -0.25) is 0 Å². The molecule has 20 heavy (non-hydrogen) atoms. The topological polar surface area (TPSA) is 72.2 Å². The number of aryl methyl sites for hydroxylation is 1. The van der Waals surface area contributed by atoms with E-state index in [1.807, 2.05) is 6.92 Å². The van der Waals surface area contributed by atoms with E-state index >= 15 is 0 Å². The van der Waals surface area contributed by atoms with Gasteiger partial charge in [-0.25, -0.2) is 13.1 Å². The number of benzene rings is 1. The minimum Gasteiger partial charge on any atom is -0.326 e. The van der Waals surface area contributed by atoms with Crippen molar-refractivity contribution in [2.75, 3.05) is 0 Å². The second kappa shape index (κ2) is 6.56. The molecular formula is C14H21BrN2O2S. The molecule has 3 N–H and O–H groups in total. The third kappa shape index (κ3) is 3.81. The number of sulfonamides is 1. The Hall–Kier alpha value is -0.430. The molecule has 0 bridgehead atoms. The van der Waals surface area contributed by atoms with E-state index in [2.05, 4.69) is 20.7 Å². The van der Waals surface area contributed by atoms with Gasteiger partial charge in [-0.2, -0.15) is 0 Å². The van der Waals surface area contributed by atoms with Crippen LogP contribution in [0.3, 0.4) is 0 Å². The molecule has 1 aromatic carbocycles. The van der Waals surface area contributed by atoms with Crippen molar-refractivity contribution >= 4 is 26.0 Å². The lowest BCUT2D eigenvalue weighted by molar-refractivity contribution is 0.456. The number of hydrogen-bond acceptors (Lipinski definition) is 3. The molecule has 1 aromatic rings. The van der Waals surface area contributed by atoms with E-state index in [4.69, 9.17) is 5.73 Å². The van der Waals surface area contributed by atoms with Gasteiger partial charge in [0.15, 0.2) is 0 Å². The largest absolute Gasteiger partial charge is 0.326 e. The van der Waals surface area contributed by atoms with Crippen LogP contribution in [0.15, 0.2) is 27.6 Å². The van der Waals surface area contributed by atoms with Crippen LogP contribution < -0.4 is 10.5 Å². The van der Waals surface area contributed by atoms with E-state index in [9.17, 15) is 8.42 Å².